The summed E-state index contributed by atoms with van der Waals surface area (Å²) in [5, 5.41) is 2.84. The molecule has 0 bridgehead atoms. The van der Waals surface area contributed by atoms with Crippen LogP contribution in [0.15, 0.2) is 74.4 Å². The van der Waals surface area contributed by atoms with Crippen LogP contribution in [-0.2, 0) is 4.79 Å². The summed E-state index contributed by atoms with van der Waals surface area (Å²) >= 11 is 4.81. The van der Waals surface area contributed by atoms with E-state index in [1.54, 1.807) is 35.0 Å². The minimum Gasteiger partial charge on any atom is -0.335 e. The maximum Gasteiger partial charge on any atom is 0.266 e. The lowest BCUT2D eigenvalue weighted by Crippen LogP contribution is -2.23. The van der Waals surface area contributed by atoms with E-state index >= 15 is 0 Å². The predicted molar refractivity (Wildman–Crippen MR) is 133 cm³/mol. The van der Waals surface area contributed by atoms with Gasteiger partial charge in [-0.2, -0.15) is 0 Å². The first-order chi connectivity index (χ1) is 15.0. The number of thioether (sulfide) groups is 2. The molecule has 0 saturated carbocycles. The van der Waals surface area contributed by atoms with Crippen molar-refractivity contribution in [1.29, 1.82) is 0 Å². The van der Waals surface area contributed by atoms with Crippen molar-refractivity contribution in [1.82, 2.24) is 9.88 Å². The summed E-state index contributed by atoms with van der Waals surface area (Å²) in [5.41, 5.74) is 2.97. The number of nitrogens with zero attached hydrogens (tertiary/aromatic N) is 4. The van der Waals surface area contributed by atoms with Gasteiger partial charge in [0.05, 0.1) is 36.5 Å². The molecule has 3 aromatic rings. The Morgan fingerprint density at radius 3 is 2.81 bits per heavy atom. The number of aliphatic imine (C=N–C) groups is 1. The Morgan fingerprint density at radius 1 is 1.13 bits per heavy atom. The highest BCUT2D eigenvalue weighted by Crippen LogP contribution is 2.45. The average Bonchev–Trinajstić information content (AvgIpc) is 3.40. The van der Waals surface area contributed by atoms with Crippen LogP contribution >= 0.6 is 34.9 Å². The highest BCUT2D eigenvalue weighted by atomic mass is 32.2. The summed E-state index contributed by atoms with van der Waals surface area (Å²) in [4.78, 5) is 27.8. The van der Waals surface area contributed by atoms with E-state index in [1.807, 2.05) is 37.3 Å². The fourth-order valence-corrected chi connectivity index (χ4v) is 6.39. The van der Waals surface area contributed by atoms with Crippen molar-refractivity contribution in [2.45, 2.75) is 18.7 Å². The number of allylic oxidation sites excluding steroid dienone is 2. The molecule has 0 aliphatic carbocycles. The summed E-state index contributed by atoms with van der Waals surface area (Å²) < 4.78 is 1.15. The van der Waals surface area contributed by atoms with Gasteiger partial charge in [-0.3, -0.25) is 9.69 Å². The summed E-state index contributed by atoms with van der Waals surface area (Å²) in [7, 11) is 1.77. The number of para-hydroxylation sites is 1. The monoisotopic (exact) mass is 464 g/mol. The molecule has 8 heteroatoms. The number of hydrogen-bond donors (Lipinski definition) is 0. The maximum absolute atomic E-state index is 12.8. The molecule has 2 aromatic carbocycles. The van der Waals surface area contributed by atoms with Crippen molar-refractivity contribution in [3.05, 3.63) is 69.6 Å². The fourth-order valence-electron chi connectivity index (χ4n) is 3.53. The molecule has 3 heterocycles. The molecule has 0 atom stereocenters. The zero-order valence-corrected chi connectivity index (χ0v) is 19.8. The summed E-state index contributed by atoms with van der Waals surface area (Å²) in [5.74, 6) is -0.0326. The van der Waals surface area contributed by atoms with Gasteiger partial charge in [-0.1, -0.05) is 23.9 Å². The Balaban J connectivity index is 1.41. The van der Waals surface area contributed by atoms with Crippen LogP contribution in [-0.4, -0.2) is 34.6 Å². The lowest BCUT2D eigenvalue weighted by molar-refractivity contribution is -0.121. The van der Waals surface area contributed by atoms with Crippen LogP contribution in [0.2, 0.25) is 0 Å². The molecule has 0 radical (unpaired) electrons. The SMILES string of the molecule is CCN1/C(=C/C=C2/SC(=Nc3ccc4sc(C)nc4c3)N(C)C2=O)Sc2ccccc21. The lowest BCUT2D eigenvalue weighted by atomic mass is 10.3. The molecule has 1 saturated heterocycles. The number of benzene rings is 2. The standard InChI is InChI=1S/C23H20N4OS3/c1-4-27-17-7-5-6-8-19(17)30-21(27)12-11-20-22(28)26(3)23(31-20)25-15-9-10-18-16(13-15)24-14(2)29-18/h5-13H,4H2,1-3H3/b20-11+,21-12-,25-23?. The zero-order valence-electron chi connectivity index (χ0n) is 17.3. The molecule has 1 fully saturated rings. The Morgan fingerprint density at radius 2 is 1.97 bits per heavy atom. The number of likely N-dealkylation sites (N-methyl/N-ethyl adjacent to an activating group) is 1. The number of fused-ring (bicyclic) bond motifs is 2. The number of aromatic nitrogens is 1. The van der Waals surface area contributed by atoms with E-state index in [-0.39, 0.29) is 5.91 Å². The molecular weight excluding hydrogens is 444 g/mol. The van der Waals surface area contributed by atoms with E-state index in [0.717, 1.165) is 32.5 Å². The summed E-state index contributed by atoms with van der Waals surface area (Å²) in [6.07, 6.45) is 3.95. The molecule has 0 N–H and O–H groups in total. The van der Waals surface area contributed by atoms with E-state index in [0.29, 0.717) is 10.1 Å². The molecule has 1 aromatic heterocycles. The van der Waals surface area contributed by atoms with E-state index in [2.05, 4.69) is 41.1 Å². The Labute approximate surface area is 193 Å². The third-order valence-electron chi connectivity index (χ3n) is 5.04. The minimum absolute atomic E-state index is 0.0326. The Kier molecular flexibility index (Phi) is 5.37. The number of anilines is 1. The maximum atomic E-state index is 12.8. The third-order valence-corrected chi connectivity index (χ3v) is 8.20. The third kappa shape index (κ3) is 3.79. The van der Waals surface area contributed by atoms with Crippen molar-refractivity contribution in [2.75, 3.05) is 18.5 Å². The lowest BCUT2D eigenvalue weighted by Gasteiger charge is -2.17. The molecule has 156 valence electrons. The Hall–Kier alpha value is -2.55. The van der Waals surface area contributed by atoms with Crippen LogP contribution < -0.4 is 4.90 Å². The van der Waals surface area contributed by atoms with Crippen LogP contribution in [0.3, 0.4) is 0 Å². The van der Waals surface area contributed by atoms with Crippen LogP contribution in [0, 0.1) is 6.92 Å². The predicted octanol–water partition coefficient (Wildman–Crippen LogP) is 6.15. The molecule has 5 rings (SSSR count). The molecule has 1 amide bonds. The number of aryl methyl sites for hydroxylation is 1. The van der Waals surface area contributed by atoms with Crippen LogP contribution in [0.5, 0.6) is 0 Å². The second-order valence-electron chi connectivity index (χ2n) is 7.10. The van der Waals surface area contributed by atoms with Crippen molar-refractivity contribution in [2.24, 2.45) is 4.99 Å². The average molecular weight is 465 g/mol. The van der Waals surface area contributed by atoms with Crippen LogP contribution in [0.25, 0.3) is 10.2 Å². The van der Waals surface area contributed by atoms with Gasteiger partial charge < -0.3 is 4.90 Å². The molecule has 5 nitrogen and oxygen atoms in total. The first-order valence-corrected chi connectivity index (χ1v) is 12.4. The van der Waals surface area contributed by atoms with Gasteiger partial charge in [-0.05, 0) is 68.1 Å². The molecule has 31 heavy (non-hydrogen) atoms. The number of hydrogen-bond acceptors (Lipinski definition) is 7. The molecule has 0 spiro atoms. The normalized spacial score (nSPS) is 20.1. The van der Waals surface area contributed by atoms with E-state index in [9.17, 15) is 4.79 Å². The van der Waals surface area contributed by atoms with Crippen molar-refractivity contribution < 1.29 is 4.79 Å². The van der Waals surface area contributed by atoms with Gasteiger partial charge in [0.25, 0.3) is 5.91 Å². The van der Waals surface area contributed by atoms with E-state index in [4.69, 9.17) is 4.99 Å². The van der Waals surface area contributed by atoms with Gasteiger partial charge in [0.1, 0.15) is 0 Å². The van der Waals surface area contributed by atoms with Crippen LogP contribution in [0.1, 0.15) is 11.9 Å². The minimum atomic E-state index is -0.0326. The second kappa shape index (κ2) is 8.18. The van der Waals surface area contributed by atoms with Crippen LogP contribution in [0.4, 0.5) is 11.4 Å². The number of thiazole rings is 1. The van der Waals surface area contributed by atoms with E-state index < -0.39 is 0 Å². The second-order valence-corrected chi connectivity index (χ2v) is 10.4. The molecular formula is C23H20N4OS3. The van der Waals surface area contributed by atoms with Gasteiger partial charge in [0.2, 0.25) is 0 Å². The van der Waals surface area contributed by atoms with Gasteiger partial charge >= 0.3 is 0 Å². The topological polar surface area (TPSA) is 48.8 Å². The highest BCUT2D eigenvalue weighted by Gasteiger charge is 2.30. The van der Waals surface area contributed by atoms with Crippen molar-refractivity contribution in [3.63, 3.8) is 0 Å². The Bertz CT molecular complexity index is 1290. The largest absolute Gasteiger partial charge is 0.335 e. The first kappa shape index (κ1) is 20.4. The zero-order chi connectivity index (χ0) is 21.5. The summed E-state index contributed by atoms with van der Waals surface area (Å²) in [6, 6.07) is 14.4. The van der Waals surface area contributed by atoms with Gasteiger partial charge in [-0.15, -0.1) is 11.3 Å². The highest BCUT2D eigenvalue weighted by molar-refractivity contribution is 8.18. The number of carbonyl (C=O) groups excluding carboxylic acids is 1. The summed E-state index contributed by atoms with van der Waals surface area (Å²) in [6.45, 7) is 5.02. The number of carbonyl (C=O) groups is 1. The van der Waals surface area contributed by atoms with Crippen molar-refractivity contribution >= 4 is 67.5 Å². The fraction of sp³-hybridized carbons (Fsp3) is 0.174. The number of amides is 1. The smallest absolute Gasteiger partial charge is 0.266 e. The first-order valence-electron chi connectivity index (χ1n) is 9.91. The van der Waals surface area contributed by atoms with Crippen molar-refractivity contribution in [3.8, 4) is 0 Å². The van der Waals surface area contributed by atoms with Gasteiger partial charge in [0, 0.05) is 18.5 Å². The van der Waals surface area contributed by atoms with E-state index in [1.165, 1.54) is 22.3 Å². The molecule has 2 aliphatic rings. The van der Waals surface area contributed by atoms with Gasteiger partial charge in [-0.25, -0.2) is 9.98 Å². The number of amidine groups is 1. The molecule has 0 unspecified atom stereocenters. The number of rotatable bonds is 3. The molecule has 2 aliphatic heterocycles. The quantitative estimate of drug-likeness (QED) is 0.435. The van der Waals surface area contributed by atoms with Gasteiger partial charge in [0.15, 0.2) is 5.17 Å².